The molecule has 0 spiro atoms. The van der Waals surface area contributed by atoms with Gasteiger partial charge >= 0.3 is 0 Å². The summed E-state index contributed by atoms with van der Waals surface area (Å²) in [5.74, 6) is 3.42. The van der Waals surface area contributed by atoms with E-state index >= 15 is 0 Å². The molecule has 0 saturated carbocycles. The maximum atomic E-state index is 9.42. The summed E-state index contributed by atoms with van der Waals surface area (Å²) in [5, 5.41) is 50.2. The van der Waals surface area contributed by atoms with Crippen LogP contribution in [0.3, 0.4) is 0 Å². The Kier molecular flexibility index (Phi) is 23.6. The third kappa shape index (κ3) is 17.6. The van der Waals surface area contributed by atoms with Crippen LogP contribution >= 0.6 is 0 Å². The number of aliphatic hydroxyl groups excluding tert-OH is 4. The van der Waals surface area contributed by atoms with Crippen LogP contribution < -0.4 is 44.2 Å². The monoisotopic (exact) mass is 1070 g/mol. The van der Waals surface area contributed by atoms with Crippen molar-refractivity contribution in [2.45, 2.75) is 124 Å². The zero-order chi connectivity index (χ0) is 56.7. The van der Waals surface area contributed by atoms with E-state index in [9.17, 15) is 20.4 Å². The fourth-order valence-electron chi connectivity index (χ4n) is 8.08. The van der Waals surface area contributed by atoms with Crippen molar-refractivity contribution in [3.8, 4) is 0 Å². The van der Waals surface area contributed by atoms with Crippen molar-refractivity contribution in [2.24, 2.45) is 5.92 Å². The number of rotatable bonds is 21. The van der Waals surface area contributed by atoms with Gasteiger partial charge in [-0.3, -0.25) is 19.9 Å². The lowest BCUT2D eigenvalue weighted by atomic mass is 10.0. The van der Waals surface area contributed by atoms with Gasteiger partial charge in [0, 0.05) is 24.8 Å². The van der Waals surface area contributed by atoms with Crippen molar-refractivity contribution in [3.63, 3.8) is 0 Å². The van der Waals surface area contributed by atoms with Crippen LogP contribution in [-0.4, -0.2) is 131 Å². The molecule has 416 valence electrons. The number of aromatic nitrogens is 12. The molecule has 0 aliphatic heterocycles. The minimum absolute atomic E-state index is 0.000617. The number of anilines is 8. The smallest absolute Gasteiger partial charge is 0.222 e. The molecule has 0 bridgehead atoms. The standard InChI is InChI=1S/C14H21N5O.C13H16N6O.2C13H19N5O/c1-3-5-10(8-20)17-13-12-11(18-14(15)19-13)6-9(4-2)7-16-12;1-3-4-8(7-20)17-12-11-10(18-13(14)19-12)5-9(15-2)6-16-11;1-8(2)6-9(7-19)16-12-11-10(4-3-5-15-11)17-13(14)18-12;1-3-4-9(7-19)16-12-11-10(17-13(14)18-12)5-8(2)6-15-11/h6-7,10,20H,3-5,8H2,1-2H3,(H3,15,17,18,19);5-6,8,20H,3-4,7H2,1H3,(H3,14,17,18,19);3-5,8-9,19H,6-7H2,1-2H3,(H3,14,16,17,18);5-6,9,19H,3-4,7H2,1-2H3,(H3,14,16,17,18)/t10-;8-;2*9-/m0000/s1. The van der Waals surface area contributed by atoms with Gasteiger partial charge in [-0.15, -0.1) is 0 Å². The lowest BCUT2D eigenvalue weighted by Gasteiger charge is -2.19. The number of nitrogens with one attached hydrogen (secondary N) is 4. The summed E-state index contributed by atoms with van der Waals surface area (Å²) in [6.07, 6.45) is 13.9. The molecule has 0 fully saturated rings. The largest absolute Gasteiger partial charge is 0.394 e. The summed E-state index contributed by atoms with van der Waals surface area (Å²) < 4.78 is 0. The van der Waals surface area contributed by atoms with Gasteiger partial charge < -0.3 is 64.6 Å². The number of nitrogens with zero attached hydrogens (tertiary/aromatic N) is 13. The normalized spacial score (nSPS) is 12.5. The average molecular weight is 1070 g/mol. The van der Waals surface area contributed by atoms with Gasteiger partial charge in [-0.1, -0.05) is 60.8 Å². The molecule has 8 heterocycles. The molecule has 4 atom stereocenters. The van der Waals surface area contributed by atoms with Crippen LogP contribution in [0.1, 0.15) is 97.6 Å². The second-order valence-electron chi connectivity index (χ2n) is 18.8. The van der Waals surface area contributed by atoms with E-state index in [0.717, 1.165) is 68.0 Å². The van der Waals surface area contributed by atoms with Gasteiger partial charge in [0.25, 0.3) is 0 Å². The highest BCUT2D eigenvalue weighted by Gasteiger charge is 2.17. The fraction of sp³-hybridized carbons (Fsp3) is 0.453. The summed E-state index contributed by atoms with van der Waals surface area (Å²) in [5.41, 5.74) is 30.6. The first-order chi connectivity index (χ1) is 37.6. The van der Waals surface area contributed by atoms with E-state index in [0.29, 0.717) is 73.5 Å². The number of fused-ring (bicyclic) bond motifs is 4. The molecule has 25 heteroatoms. The Labute approximate surface area is 453 Å². The number of hydrogen-bond acceptors (Lipinski definition) is 24. The molecule has 25 nitrogen and oxygen atoms in total. The van der Waals surface area contributed by atoms with Crippen molar-refractivity contribution < 1.29 is 20.4 Å². The molecule has 8 aromatic rings. The van der Waals surface area contributed by atoms with E-state index in [2.05, 4.69) is 121 Å². The van der Waals surface area contributed by atoms with Crippen LogP contribution in [0.2, 0.25) is 0 Å². The predicted molar refractivity (Wildman–Crippen MR) is 310 cm³/mol. The maximum Gasteiger partial charge on any atom is 0.222 e. The average Bonchev–Trinajstić information content (AvgIpc) is 3.43. The molecule has 0 amide bonds. The summed E-state index contributed by atoms with van der Waals surface area (Å²) in [6.45, 7) is 21.5. The molecular weight excluding hydrogens is 995 g/mol. The molecule has 0 unspecified atom stereocenters. The van der Waals surface area contributed by atoms with Crippen LogP contribution in [0.15, 0.2) is 55.1 Å². The Morgan fingerprint density at radius 1 is 0.513 bits per heavy atom. The molecule has 0 radical (unpaired) electrons. The minimum Gasteiger partial charge on any atom is -0.394 e. The Morgan fingerprint density at radius 3 is 1.33 bits per heavy atom. The highest BCUT2D eigenvalue weighted by atomic mass is 16.3. The molecule has 16 N–H and O–H groups in total. The highest BCUT2D eigenvalue weighted by Crippen LogP contribution is 2.26. The first kappa shape index (κ1) is 60.6. The van der Waals surface area contributed by atoms with Crippen molar-refractivity contribution >= 4 is 96.9 Å². The van der Waals surface area contributed by atoms with Gasteiger partial charge in [0.15, 0.2) is 23.3 Å². The number of hydrogen-bond donors (Lipinski definition) is 12. The topological polar surface area (TPSA) is 392 Å². The second kappa shape index (κ2) is 30.4. The van der Waals surface area contributed by atoms with Crippen LogP contribution in [0.5, 0.6) is 0 Å². The summed E-state index contributed by atoms with van der Waals surface area (Å²) in [4.78, 5) is 53.9. The van der Waals surface area contributed by atoms with Gasteiger partial charge in [0.2, 0.25) is 29.5 Å². The Bertz CT molecular complexity index is 3210. The van der Waals surface area contributed by atoms with Crippen molar-refractivity contribution in [1.82, 2.24) is 59.8 Å². The number of pyridine rings is 4. The molecule has 8 rings (SSSR count). The lowest BCUT2D eigenvalue weighted by Crippen LogP contribution is -2.26. The van der Waals surface area contributed by atoms with E-state index in [1.54, 1.807) is 24.5 Å². The third-order valence-corrected chi connectivity index (χ3v) is 11.8. The lowest BCUT2D eigenvalue weighted by molar-refractivity contribution is 0.259. The molecule has 0 aliphatic rings. The minimum atomic E-state index is -0.111. The number of aryl methyl sites for hydroxylation is 2. The zero-order valence-electron chi connectivity index (χ0n) is 45.5. The molecule has 0 aromatic carbocycles. The number of aliphatic hydroxyl groups is 4. The van der Waals surface area contributed by atoms with Crippen LogP contribution in [0.25, 0.3) is 49.0 Å². The highest BCUT2D eigenvalue weighted by molar-refractivity contribution is 5.89. The number of nitrogen functional groups attached to an aromatic ring is 4. The Balaban J connectivity index is 0.000000192. The quantitative estimate of drug-likeness (QED) is 0.0347. The Hall–Kier alpha value is -8.31. The van der Waals surface area contributed by atoms with Gasteiger partial charge in [-0.25, -0.2) is 24.8 Å². The fourth-order valence-corrected chi connectivity index (χ4v) is 8.08. The van der Waals surface area contributed by atoms with Crippen molar-refractivity contribution in [1.29, 1.82) is 0 Å². The first-order valence-electron chi connectivity index (χ1n) is 26.1. The summed E-state index contributed by atoms with van der Waals surface area (Å²) in [6, 6.07) is 8.86. The van der Waals surface area contributed by atoms with Crippen LogP contribution in [0.4, 0.5) is 52.8 Å². The van der Waals surface area contributed by atoms with Gasteiger partial charge in [-0.2, -0.15) is 19.9 Å². The SMILES string of the molecule is CC(C)C[C@@H](CO)Nc1nc(N)nc2cccnc12.CCC[C@@H](CO)Nc1nc(N)nc2cc(C)cnc12.CCC[C@@H](CO)Nc1nc(N)nc2cc(CC)cnc12.[C-]#[N+]c1cnc2c(N[C@H](CO)CCC)nc(N)nc2c1. The van der Waals surface area contributed by atoms with Crippen LogP contribution in [-0.2, 0) is 6.42 Å². The predicted octanol–water partition coefficient (Wildman–Crippen LogP) is 6.39. The first-order valence-corrected chi connectivity index (χ1v) is 26.1. The summed E-state index contributed by atoms with van der Waals surface area (Å²) in [7, 11) is 0. The molecule has 0 aliphatic carbocycles. The molecule has 8 aromatic heterocycles. The second-order valence-corrected chi connectivity index (χ2v) is 18.8. The number of nitrogens with two attached hydrogens (primary N) is 4. The molecule has 0 saturated heterocycles. The third-order valence-electron chi connectivity index (χ3n) is 11.8. The van der Waals surface area contributed by atoms with Gasteiger partial charge in [0.05, 0.1) is 79.2 Å². The zero-order valence-corrected chi connectivity index (χ0v) is 45.5. The van der Waals surface area contributed by atoms with Gasteiger partial charge in [0.1, 0.15) is 22.1 Å². The molecule has 78 heavy (non-hydrogen) atoms. The maximum absolute atomic E-state index is 9.42. The van der Waals surface area contributed by atoms with E-state index < -0.39 is 0 Å². The van der Waals surface area contributed by atoms with Crippen LogP contribution in [0, 0.1) is 19.4 Å². The van der Waals surface area contributed by atoms with Crippen molar-refractivity contribution in [3.05, 3.63) is 77.7 Å². The molecular formula is C53H75N21O4. The van der Waals surface area contributed by atoms with E-state index in [1.165, 1.54) is 6.20 Å². The van der Waals surface area contributed by atoms with E-state index in [1.807, 2.05) is 38.2 Å². The van der Waals surface area contributed by atoms with Gasteiger partial charge in [-0.05, 0) is 86.4 Å². The summed E-state index contributed by atoms with van der Waals surface area (Å²) >= 11 is 0. The van der Waals surface area contributed by atoms with E-state index in [4.69, 9.17) is 29.5 Å². The van der Waals surface area contributed by atoms with E-state index in [-0.39, 0.29) is 74.4 Å². The van der Waals surface area contributed by atoms with Crippen molar-refractivity contribution in [2.75, 3.05) is 70.6 Å². The Morgan fingerprint density at radius 2 is 0.910 bits per heavy atom.